The number of aryl methyl sites for hydroxylation is 2. The summed E-state index contributed by atoms with van der Waals surface area (Å²) in [5.74, 6) is -0.893. The van der Waals surface area contributed by atoms with E-state index in [1.807, 2.05) is 38.1 Å². The average Bonchev–Trinajstić information content (AvgIpc) is 2.65. The standard InChI is InChI=1S/C21H23FN2O2/c1-14-5-8-16(9-6-14)21(26)24-11-3-4-17(13-24)20(25)23-19-12-18(22)10-7-15(19)2/h5-10,12,17H,3-4,11,13H2,1-2H3,(H,23,25). The number of carbonyl (C=O) groups is 2. The fourth-order valence-corrected chi connectivity index (χ4v) is 3.22. The number of halogens is 1. The molecule has 0 saturated carbocycles. The van der Waals surface area contributed by atoms with E-state index < -0.39 is 0 Å². The zero-order chi connectivity index (χ0) is 18.7. The van der Waals surface area contributed by atoms with E-state index >= 15 is 0 Å². The van der Waals surface area contributed by atoms with Gasteiger partial charge in [0, 0.05) is 24.3 Å². The molecule has 2 amide bonds. The third kappa shape index (κ3) is 4.10. The second-order valence-corrected chi connectivity index (χ2v) is 6.90. The third-order valence-electron chi connectivity index (χ3n) is 4.84. The van der Waals surface area contributed by atoms with Gasteiger partial charge in [-0.25, -0.2) is 4.39 Å². The molecule has 3 rings (SSSR count). The van der Waals surface area contributed by atoms with Crippen molar-refractivity contribution in [2.45, 2.75) is 26.7 Å². The fourth-order valence-electron chi connectivity index (χ4n) is 3.22. The van der Waals surface area contributed by atoms with Crippen molar-refractivity contribution in [3.05, 3.63) is 65.0 Å². The van der Waals surface area contributed by atoms with Gasteiger partial charge in [0.15, 0.2) is 0 Å². The van der Waals surface area contributed by atoms with E-state index in [9.17, 15) is 14.0 Å². The zero-order valence-corrected chi connectivity index (χ0v) is 15.1. The molecule has 0 bridgehead atoms. The molecule has 4 nitrogen and oxygen atoms in total. The van der Waals surface area contributed by atoms with Crippen LogP contribution in [0.25, 0.3) is 0 Å². The quantitative estimate of drug-likeness (QED) is 0.908. The van der Waals surface area contributed by atoms with Gasteiger partial charge in [0.1, 0.15) is 5.82 Å². The molecule has 1 aliphatic heterocycles. The molecule has 26 heavy (non-hydrogen) atoms. The van der Waals surface area contributed by atoms with Crippen LogP contribution in [0.1, 0.15) is 34.3 Å². The second-order valence-electron chi connectivity index (χ2n) is 6.90. The summed E-state index contributed by atoms with van der Waals surface area (Å²) in [5.41, 5.74) is 3.03. The number of nitrogens with one attached hydrogen (secondary N) is 1. The van der Waals surface area contributed by atoms with E-state index in [4.69, 9.17) is 0 Å². The summed E-state index contributed by atoms with van der Waals surface area (Å²) in [7, 11) is 0. The lowest BCUT2D eigenvalue weighted by Gasteiger charge is -2.32. The Morgan fingerprint density at radius 2 is 1.85 bits per heavy atom. The van der Waals surface area contributed by atoms with Crippen molar-refractivity contribution >= 4 is 17.5 Å². The van der Waals surface area contributed by atoms with Crippen molar-refractivity contribution in [3.8, 4) is 0 Å². The molecule has 2 aromatic carbocycles. The van der Waals surface area contributed by atoms with Crippen LogP contribution >= 0.6 is 0 Å². The largest absolute Gasteiger partial charge is 0.338 e. The molecule has 5 heteroatoms. The highest BCUT2D eigenvalue weighted by molar-refractivity contribution is 5.96. The van der Waals surface area contributed by atoms with Crippen LogP contribution in [0.5, 0.6) is 0 Å². The third-order valence-corrected chi connectivity index (χ3v) is 4.84. The highest BCUT2D eigenvalue weighted by Crippen LogP contribution is 2.22. The Hall–Kier alpha value is -2.69. The van der Waals surface area contributed by atoms with Crippen molar-refractivity contribution in [2.75, 3.05) is 18.4 Å². The predicted octanol–water partition coefficient (Wildman–Crippen LogP) is 3.93. The van der Waals surface area contributed by atoms with Crippen LogP contribution in [-0.4, -0.2) is 29.8 Å². The van der Waals surface area contributed by atoms with E-state index in [0.717, 1.165) is 24.0 Å². The van der Waals surface area contributed by atoms with Crippen LogP contribution in [-0.2, 0) is 4.79 Å². The molecule has 1 unspecified atom stereocenters. The maximum Gasteiger partial charge on any atom is 0.253 e. The monoisotopic (exact) mass is 354 g/mol. The number of nitrogens with zero attached hydrogens (tertiary/aromatic N) is 1. The van der Waals surface area contributed by atoms with Crippen molar-refractivity contribution in [1.82, 2.24) is 4.90 Å². The molecular formula is C21H23FN2O2. The van der Waals surface area contributed by atoms with E-state index in [0.29, 0.717) is 24.3 Å². The molecule has 136 valence electrons. The van der Waals surface area contributed by atoms with Crippen LogP contribution in [0.4, 0.5) is 10.1 Å². The topological polar surface area (TPSA) is 49.4 Å². The molecule has 1 N–H and O–H groups in total. The molecule has 1 aliphatic rings. The van der Waals surface area contributed by atoms with Gasteiger partial charge in [0.2, 0.25) is 5.91 Å². The van der Waals surface area contributed by atoms with E-state index in [1.165, 1.54) is 12.1 Å². The molecule has 0 aromatic heterocycles. The van der Waals surface area contributed by atoms with Gasteiger partial charge in [0.25, 0.3) is 5.91 Å². The van der Waals surface area contributed by atoms with Crippen molar-refractivity contribution in [2.24, 2.45) is 5.92 Å². The maximum absolute atomic E-state index is 13.4. The Bertz CT molecular complexity index is 817. The van der Waals surface area contributed by atoms with Crippen molar-refractivity contribution in [3.63, 3.8) is 0 Å². The summed E-state index contributed by atoms with van der Waals surface area (Å²) < 4.78 is 13.4. The zero-order valence-electron chi connectivity index (χ0n) is 15.1. The minimum absolute atomic E-state index is 0.0514. The highest BCUT2D eigenvalue weighted by Gasteiger charge is 2.29. The number of hydrogen-bond donors (Lipinski definition) is 1. The number of carbonyl (C=O) groups excluding carboxylic acids is 2. The normalized spacial score (nSPS) is 17.0. The minimum atomic E-state index is -0.384. The van der Waals surface area contributed by atoms with Crippen LogP contribution in [0, 0.1) is 25.6 Å². The van der Waals surface area contributed by atoms with Crippen LogP contribution in [0.3, 0.4) is 0 Å². The molecule has 1 heterocycles. The first-order chi connectivity index (χ1) is 12.4. The second kappa shape index (κ2) is 7.68. The number of amides is 2. The molecule has 0 radical (unpaired) electrons. The summed E-state index contributed by atoms with van der Waals surface area (Å²) in [6.07, 6.45) is 1.50. The summed E-state index contributed by atoms with van der Waals surface area (Å²) in [6, 6.07) is 11.8. The Morgan fingerprint density at radius 1 is 1.12 bits per heavy atom. The summed E-state index contributed by atoms with van der Waals surface area (Å²) in [5, 5.41) is 2.81. The molecular weight excluding hydrogens is 331 g/mol. The predicted molar refractivity (Wildman–Crippen MR) is 99.6 cm³/mol. The molecule has 0 aliphatic carbocycles. The minimum Gasteiger partial charge on any atom is -0.338 e. The van der Waals surface area contributed by atoms with Crippen molar-refractivity contribution < 1.29 is 14.0 Å². The lowest BCUT2D eigenvalue weighted by molar-refractivity contribution is -0.121. The summed E-state index contributed by atoms with van der Waals surface area (Å²) >= 11 is 0. The van der Waals surface area contributed by atoms with Crippen LogP contribution in [0.15, 0.2) is 42.5 Å². The first kappa shape index (κ1) is 18.1. The van der Waals surface area contributed by atoms with Gasteiger partial charge in [-0.3, -0.25) is 9.59 Å². The Morgan fingerprint density at radius 3 is 2.58 bits per heavy atom. The first-order valence-electron chi connectivity index (χ1n) is 8.87. The van der Waals surface area contributed by atoms with Gasteiger partial charge >= 0.3 is 0 Å². The highest BCUT2D eigenvalue weighted by atomic mass is 19.1. The van der Waals surface area contributed by atoms with E-state index in [-0.39, 0.29) is 23.5 Å². The van der Waals surface area contributed by atoms with Gasteiger partial charge in [-0.2, -0.15) is 0 Å². The van der Waals surface area contributed by atoms with Crippen molar-refractivity contribution in [1.29, 1.82) is 0 Å². The smallest absolute Gasteiger partial charge is 0.253 e. The first-order valence-corrected chi connectivity index (χ1v) is 8.87. The van der Waals surface area contributed by atoms with Gasteiger partial charge in [-0.15, -0.1) is 0 Å². The molecule has 1 saturated heterocycles. The van der Waals surface area contributed by atoms with Crippen LogP contribution in [0.2, 0.25) is 0 Å². The summed E-state index contributed by atoms with van der Waals surface area (Å²) in [6.45, 7) is 4.83. The van der Waals surface area contributed by atoms with Gasteiger partial charge in [-0.1, -0.05) is 23.8 Å². The number of likely N-dealkylation sites (tertiary alicyclic amines) is 1. The molecule has 1 fully saturated rings. The Balaban J connectivity index is 1.67. The van der Waals surface area contributed by atoms with E-state index in [2.05, 4.69) is 5.32 Å². The van der Waals surface area contributed by atoms with E-state index in [1.54, 1.807) is 11.0 Å². The average molecular weight is 354 g/mol. The lowest BCUT2D eigenvalue weighted by Crippen LogP contribution is -2.43. The summed E-state index contributed by atoms with van der Waals surface area (Å²) in [4.78, 5) is 27.0. The number of rotatable bonds is 3. The van der Waals surface area contributed by atoms with Gasteiger partial charge < -0.3 is 10.2 Å². The number of benzene rings is 2. The number of piperidine rings is 1. The maximum atomic E-state index is 13.4. The number of hydrogen-bond acceptors (Lipinski definition) is 2. The molecule has 1 atom stereocenters. The van der Waals surface area contributed by atoms with Crippen LogP contribution < -0.4 is 5.32 Å². The molecule has 2 aromatic rings. The van der Waals surface area contributed by atoms with Gasteiger partial charge in [0.05, 0.1) is 5.92 Å². The fraction of sp³-hybridized carbons (Fsp3) is 0.333. The van der Waals surface area contributed by atoms with Gasteiger partial charge in [-0.05, 0) is 56.5 Å². The SMILES string of the molecule is Cc1ccc(C(=O)N2CCCC(C(=O)Nc3cc(F)ccc3C)C2)cc1. The Kier molecular flexibility index (Phi) is 5.35. The Labute approximate surface area is 153 Å². The number of anilines is 1. The lowest BCUT2D eigenvalue weighted by atomic mass is 9.96. The molecule has 0 spiro atoms.